The van der Waals surface area contributed by atoms with Crippen LogP contribution >= 0.6 is 25.6 Å². The van der Waals surface area contributed by atoms with Crippen LogP contribution in [0.15, 0.2) is 54.6 Å². The van der Waals surface area contributed by atoms with Gasteiger partial charge in [-0.15, -0.1) is 0 Å². The predicted molar refractivity (Wildman–Crippen MR) is 81.5 cm³/mol. The summed E-state index contributed by atoms with van der Waals surface area (Å²) in [5, 5.41) is 0. The molecule has 0 bridgehead atoms. The van der Waals surface area contributed by atoms with E-state index < -0.39 is 6.09 Å². The molecule has 2 aromatic rings. The van der Waals surface area contributed by atoms with Crippen LogP contribution in [-0.4, -0.2) is 9.80 Å². The van der Waals surface area contributed by atoms with Gasteiger partial charge in [-0.05, 0) is 55.3 Å². The van der Waals surface area contributed by atoms with E-state index in [1.807, 2.05) is 30.3 Å². The Morgan fingerprint density at radius 1 is 0.947 bits per heavy atom. The van der Waals surface area contributed by atoms with Gasteiger partial charge in [-0.3, -0.25) is 0 Å². The van der Waals surface area contributed by atoms with E-state index in [1.165, 1.54) is 5.56 Å². The minimum Gasteiger partial charge on any atom is -0.409 e. The minimum absolute atomic E-state index is 0.468. The maximum absolute atomic E-state index is 11.2. The van der Waals surface area contributed by atoms with Crippen molar-refractivity contribution in [3.8, 4) is 5.75 Å². The van der Waals surface area contributed by atoms with Crippen LogP contribution in [0.2, 0.25) is 0 Å². The average molecular weight is 291 g/mol. The fourth-order valence-corrected chi connectivity index (χ4v) is 1.73. The number of amides is 1. The second kappa shape index (κ2) is 6.54. The molecule has 3 nitrogen and oxygen atoms in total. The summed E-state index contributed by atoms with van der Waals surface area (Å²) >= 11 is 7.47. The van der Waals surface area contributed by atoms with E-state index in [-0.39, 0.29) is 0 Å². The lowest BCUT2D eigenvalue weighted by molar-refractivity contribution is 0.197. The van der Waals surface area contributed by atoms with E-state index in [2.05, 4.69) is 37.8 Å². The number of ether oxygens (including phenoxy) is 1. The van der Waals surface area contributed by atoms with Crippen molar-refractivity contribution in [2.75, 3.05) is 0 Å². The van der Waals surface area contributed by atoms with Crippen molar-refractivity contribution >= 4 is 31.7 Å². The van der Waals surface area contributed by atoms with E-state index in [0.717, 1.165) is 15.7 Å². The number of carbonyl (C=O) groups is 1. The van der Waals surface area contributed by atoms with Crippen molar-refractivity contribution in [2.24, 2.45) is 0 Å². The van der Waals surface area contributed by atoms with Crippen molar-refractivity contribution in [2.45, 2.75) is 6.42 Å². The number of rotatable bonds is 3. The lowest BCUT2D eigenvalue weighted by atomic mass is 10.1. The average Bonchev–Trinajstić information content (AvgIpc) is 2.42. The molecule has 0 N–H and O–H groups in total. The molecule has 0 aliphatic heterocycles. The molecule has 0 aromatic heterocycles. The quantitative estimate of drug-likeness (QED) is 0.843. The first-order chi connectivity index (χ1) is 9.15. The van der Waals surface area contributed by atoms with E-state index in [1.54, 1.807) is 12.1 Å². The molecular weight excluding hydrogens is 278 g/mol. The number of benzene rings is 2. The summed E-state index contributed by atoms with van der Waals surface area (Å²) in [5.74, 6) is 0.468. The predicted octanol–water partition coefficient (Wildman–Crippen LogP) is 3.77. The fraction of sp³-hybridized carbons (Fsp3) is 0.0714. The molecule has 0 aliphatic rings. The standard InChI is InChI=1S/C14H13NO2S2/c16-14(15(18)19)17-13-8-6-12(7-9-13)10-11-4-2-1-3-5-11/h1-9,18-19H,10H2. The third-order valence-electron chi connectivity index (χ3n) is 2.54. The topological polar surface area (TPSA) is 29.5 Å². The molecule has 0 aliphatic carbocycles. The van der Waals surface area contributed by atoms with Gasteiger partial charge in [0.05, 0.1) is 0 Å². The second-order valence-electron chi connectivity index (χ2n) is 3.96. The molecule has 0 saturated carbocycles. The van der Waals surface area contributed by atoms with Gasteiger partial charge in [0, 0.05) is 0 Å². The number of hydrogen-bond acceptors (Lipinski definition) is 4. The highest BCUT2D eigenvalue weighted by molar-refractivity contribution is 7.94. The summed E-state index contributed by atoms with van der Waals surface area (Å²) in [6.07, 6.45) is 0.211. The van der Waals surface area contributed by atoms with Gasteiger partial charge in [-0.1, -0.05) is 42.5 Å². The normalized spacial score (nSPS) is 10.0. The molecule has 0 fully saturated rings. The number of hydrogen-bond donors (Lipinski definition) is 2. The van der Waals surface area contributed by atoms with Crippen LogP contribution < -0.4 is 4.74 Å². The van der Waals surface area contributed by atoms with Gasteiger partial charge in [0.15, 0.2) is 0 Å². The molecule has 0 spiro atoms. The van der Waals surface area contributed by atoms with Crippen LogP contribution in [0.5, 0.6) is 5.75 Å². The minimum atomic E-state index is -0.637. The summed E-state index contributed by atoms with van der Waals surface area (Å²) in [6.45, 7) is 0. The second-order valence-corrected chi connectivity index (χ2v) is 5.08. The monoisotopic (exact) mass is 291 g/mol. The molecule has 2 rings (SSSR count). The van der Waals surface area contributed by atoms with Crippen LogP contribution in [0, 0.1) is 0 Å². The van der Waals surface area contributed by atoms with Crippen LogP contribution in [0.25, 0.3) is 0 Å². The van der Waals surface area contributed by atoms with Crippen molar-refractivity contribution in [1.29, 1.82) is 0 Å². The highest BCUT2D eigenvalue weighted by atomic mass is 32.2. The van der Waals surface area contributed by atoms with Crippen molar-refractivity contribution in [3.63, 3.8) is 0 Å². The first kappa shape index (κ1) is 13.8. The molecule has 1 amide bonds. The molecule has 5 heteroatoms. The molecule has 2 aromatic carbocycles. The Hall–Kier alpha value is -1.59. The lowest BCUT2D eigenvalue weighted by Crippen LogP contribution is -2.16. The van der Waals surface area contributed by atoms with Crippen LogP contribution in [-0.2, 0) is 6.42 Å². The summed E-state index contributed by atoms with van der Waals surface area (Å²) in [7, 11) is 0. The highest BCUT2D eigenvalue weighted by Crippen LogP contribution is 2.16. The fourth-order valence-electron chi connectivity index (χ4n) is 1.65. The van der Waals surface area contributed by atoms with Gasteiger partial charge in [-0.25, -0.2) is 4.79 Å². The van der Waals surface area contributed by atoms with Gasteiger partial charge in [0.25, 0.3) is 0 Å². The molecule has 0 radical (unpaired) electrons. The Labute approximate surface area is 123 Å². The van der Waals surface area contributed by atoms with E-state index in [9.17, 15) is 4.79 Å². The highest BCUT2D eigenvalue weighted by Gasteiger charge is 2.08. The Morgan fingerprint density at radius 3 is 2.11 bits per heavy atom. The first-order valence-corrected chi connectivity index (χ1v) is 6.48. The van der Waals surface area contributed by atoms with E-state index in [0.29, 0.717) is 5.75 Å². The maximum Gasteiger partial charge on any atom is 0.435 e. The van der Waals surface area contributed by atoms with E-state index >= 15 is 0 Å². The zero-order chi connectivity index (χ0) is 13.7. The third kappa shape index (κ3) is 4.22. The molecule has 19 heavy (non-hydrogen) atoms. The first-order valence-electron chi connectivity index (χ1n) is 5.68. The van der Waals surface area contributed by atoms with Gasteiger partial charge >= 0.3 is 6.09 Å². The zero-order valence-electron chi connectivity index (χ0n) is 10.1. The largest absolute Gasteiger partial charge is 0.435 e. The lowest BCUT2D eigenvalue weighted by Gasteiger charge is -2.08. The summed E-state index contributed by atoms with van der Waals surface area (Å²) in [6, 6.07) is 17.5. The molecule has 0 heterocycles. The Balaban J connectivity index is 2.01. The molecule has 0 atom stereocenters. The summed E-state index contributed by atoms with van der Waals surface area (Å²) in [5.41, 5.74) is 2.39. The summed E-state index contributed by atoms with van der Waals surface area (Å²) in [4.78, 5) is 11.2. The van der Waals surface area contributed by atoms with Crippen LogP contribution in [0.4, 0.5) is 4.79 Å². The number of thiol groups is 2. The van der Waals surface area contributed by atoms with E-state index in [4.69, 9.17) is 4.74 Å². The van der Waals surface area contributed by atoms with Gasteiger partial charge in [-0.2, -0.15) is 3.71 Å². The Bertz CT molecular complexity index is 541. The summed E-state index contributed by atoms with van der Waals surface area (Å²) < 4.78 is 5.80. The Morgan fingerprint density at radius 2 is 1.53 bits per heavy atom. The Kier molecular flexibility index (Phi) is 4.76. The molecular formula is C14H13NO2S2. The van der Waals surface area contributed by atoms with Crippen molar-refractivity contribution in [1.82, 2.24) is 3.71 Å². The van der Waals surface area contributed by atoms with Gasteiger partial charge in [0.1, 0.15) is 5.75 Å². The molecule has 0 saturated heterocycles. The van der Waals surface area contributed by atoms with Crippen molar-refractivity contribution in [3.05, 3.63) is 65.7 Å². The molecule has 0 unspecified atom stereocenters. The molecule has 98 valence electrons. The third-order valence-corrected chi connectivity index (χ3v) is 2.87. The van der Waals surface area contributed by atoms with Crippen LogP contribution in [0.1, 0.15) is 11.1 Å². The zero-order valence-corrected chi connectivity index (χ0v) is 11.9. The van der Waals surface area contributed by atoms with Gasteiger partial charge < -0.3 is 4.74 Å². The number of carbonyl (C=O) groups excluding carboxylic acids is 1. The maximum atomic E-state index is 11.2. The number of nitrogens with zero attached hydrogens (tertiary/aromatic N) is 1. The smallest absolute Gasteiger partial charge is 0.409 e. The van der Waals surface area contributed by atoms with Crippen molar-refractivity contribution < 1.29 is 9.53 Å². The SMILES string of the molecule is O=C(Oc1ccc(Cc2ccccc2)cc1)N(S)S. The van der Waals surface area contributed by atoms with Crippen LogP contribution in [0.3, 0.4) is 0 Å². The van der Waals surface area contributed by atoms with Gasteiger partial charge in [0.2, 0.25) is 0 Å².